The van der Waals surface area contributed by atoms with Crippen molar-refractivity contribution in [2.75, 3.05) is 0 Å². The molecule has 0 radical (unpaired) electrons. The first-order valence-corrected chi connectivity index (χ1v) is 4.66. The summed E-state index contributed by atoms with van der Waals surface area (Å²) in [4.78, 5) is 19.3. The minimum Gasteiger partial charge on any atom is -0.283 e. The maximum atomic E-state index is 11.7. The Labute approximate surface area is 94.5 Å². The number of rotatable bonds is 2. The number of ketones is 1. The number of aromatic amines is 1. The second-order valence-corrected chi connectivity index (χ2v) is 3.40. The molecule has 0 aliphatic rings. The standard InChI is InChI=1S/C8H4Cl2N4O/c9-4-1-2-11-6(5(4)10)7(15)8-12-3-13-14-8/h1-3H,(H,12,13,14). The first-order valence-electron chi connectivity index (χ1n) is 3.90. The van der Waals surface area contributed by atoms with Gasteiger partial charge in [-0.05, 0) is 6.07 Å². The van der Waals surface area contributed by atoms with E-state index >= 15 is 0 Å². The lowest BCUT2D eigenvalue weighted by Crippen LogP contribution is -2.07. The zero-order valence-electron chi connectivity index (χ0n) is 7.24. The van der Waals surface area contributed by atoms with E-state index in [0.717, 1.165) is 0 Å². The van der Waals surface area contributed by atoms with E-state index in [9.17, 15) is 4.79 Å². The highest BCUT2D eigenvalue weighted by Crippen LogP contribution is 2.24. The SMILES string of the molecule is O=C(c1ncn[nH]1)c1nccc(Cl)c1Cl. The van der Waals surface area contributed by atoms with Crippen molar-refractivity contribution in [1.29, 1.82) is 0 Å². The van der Waals surface area contributed by atoms with Gasteiger partial charge in [0.1, 0.15) is 12.0 Å². The number of carbonyl (C=O) groups is 1. The van der Waals surface area contributed by atoms with Gasteiger partial charge >= 0.3 is 0 Å². The molecule has 0 unspecified atom stereocenters. The third kappa shape index (κ3) is 1.84. The molecule has 0 spiro atoms. The lowest BCUT2D eigenvalue weighted by atomic mass is 10.2. The number of halogens is 2. The summed E-state index contributed by atoms with van der Waals surface area (Å²) in [7, 11) is 0. The van der Waals surface area contributed by atoms with Crippen LogP contribution in [-0.2, 0) is 0 Å². The molecule has 0 amide bonds. The molecule has 0 saturated carbocycles. The third-order valence-corrected chi connectivity index (χ3v) is 2.48. The lowest BCUT2D eigenvalue weighted by molar-refractivity contribution is 0.102. The third-order valence-electron chi connectivity index (χ3n) is 1.69. The predicted octanol–water partition coefficient (Wildman–Crippen LogP) is 1.74. The van der Waals surface area contributed by atoms with Crippen molar-refractivity contribution in [1.82, 2.24) is 20.2 Å². The van der Waals surface area contributed by atoms with Crippen LogP contribution in [0.15, 0.2) is 18.6 Å². The molecule has 1 N–H and O–H groups in total. The number of nitrogens with zero attached hydrogens (tertiary/aromatic N) is 3. The van der Waals surface area contributed by atoms with Crippen molar-refractivity contribution in [2.24, 2.45) is 0 Å². The number of aromatic nitrogens is 4. The normalized spacial score (nSPS) is 10.3. The Kier molecular flexibility index (Phi) is 2.66. The van der Waals surface area contributed by atoms with Gasteiger partial charge < -0.3 is 0 Å². The smallest absolute Gasteiger partial charge is 0.249 e. The Morgan fingerprint density at radius 3 is 2.80 bits per heavy atom. The topological polar surface area (TPSA) is 71.5 Å². The average Bonchev–Trinajstić information content (AvgIpc) is 2.74. The van der Waals surface area contributed by atoms with Crippen LogP contribution in [-0.4, -0.2) is 25.9 Å². The zero-order chi connectivity index (χ0) is 10.8. The van der Waals surface area contributed by atoms with Crippen molar-refractivity contribution < 1.29 is 4.79 Å². The fourth-order valence-electron chi connectivity index (χ4n) is 1.01. The molecule has 76 valence electrons. The molecule has 0 aliphatic heterocycles. The monoisotopic (exact) mass is 242 g/mol. The summed E-state index contributed by atoms with van der Waals surface area (Å²) in [6.45, 7) is 0. The van der Waals surface area contributed by atoms with Gasteiger partial charge in [-0.15, -0.1) is 0 Å². The van der Waals surface area contributed by atoms with Gasteiger partial charge in [0.25, 0.3) is 0 Å². The minimum absolute atomic E-state index is 0.0564. The summed E-state index contributed by atoms with van der Waals surface area (Å²) >= 11 is 11.6. The van der Waals surface area contributed by atoms with Crippen LogP contribution in [0.1, 0.15) is 16.3 Å². The molecule has 0 atom stereocenters. The van der Waals surface area contributed by atoms with E-state index in [2.05, 4.69) is 20.2 Å². The van der Waals surface area contributed by atoms with E-state index in [1.54, 1.807) is 0 Å². The van der Waals surface area contributed by atoms with Gasteiger partial charge in [0.05, 0.1) is 10.0 Å². The molecular formula is C8H4Cl2N4O. The zero-order valence-corrected chi connectivity index (χ0v) is 8.75. The largest absolute Gasteiger partial charge is 0.283 e. The number of nitrogens with one attached hydrogen (secondary N) is 1. The van der Waals surface area contributed by atoms with Gasteiger partial charge in [-0.2, -0.15) is 5.10 Å². The van der Waals surface area contributed by atoms with Crippen LogP contribution in [0.3, 0.4) is 0 Å². The molecule has 0 aromatic carbocycles. The van der Waals surface area contributed by atoms with Crippen molar-refractivity contribution in [3.63, 3.8) is 0 Å². The molecule has 0 aliphatic carbocycles. The first kappa shape index (κ1) is 10.1. The van der Waals surface area contributed by atoms with E-state index in [1.807, 2.05) is 0 Å². The molecule has 0 fully saturated rings. The van der Waals surface area contributed by atoms with Crippen molar-refractivity contribution in [3.05, 3.63) is 40.2 Å². The number of hydrogen-bond acceptors (Lipinski definition) is 4. The molecule has 2 aromatic heterocycles. The summed E-state index contributed by atoms with van der Waals surface area (Å²) < 4.78 is 0. The first-order chi connectivity index (χ1) is 7.20. The van der Waals surface area contributed by atoms with E-state index in [-0.39, 0.29) is 21.6 Å². The molecule has 2 rings (SSSR count). The molecule has 7 heteroatoms. The highest BCUT2D eigenvalue weighted by atomic mass is 35.5. The Morgan fingerprint density at radius 1 is 1.33 bits per heavy atom. The van der Waals surface area contributed by atoms with Crippen LogP contribution in [0.25, 0.3) is 0 Å². The number of carbonyl (C=O) groups excluding carboxylic acids is 1. The van der Waals surface area contributed by atoms with Gasteiger partial charge in [0.2, 0.25) is 5.78 Å². The predicted molar refractivity (Wildman–Crippen MR) is 54.1 cm³/mol. The Balaban J connectivity index is 2.47. The van der Waals surface area contributed by atoms with Gasteiger partial charge in [0.15, 0.2) is 5.82 Å². The maximum absolute atomic E-state index is 11.7. The number of hydrogen-bond donors (Lipinski definition) is 1. The quantitative estimate of drug-likeness (QED) is 0.815. The van der Waals surface area contributed by atoms with Crippen molar-refractivity contribution in [3.8, 4) is 0 Å². The molecule has 15 heavy (non-hydrogen) atoms. The van der Waals surface area contributed by atoms with Gasteiger partial charge in [-0.3, -0.25) is 14.9 Å². The summed E-state index contributed by atoms with van der Waals surface area (Å²) in [5.41, 5.74) is 0.0564. The number of pyridine rings is 1. The second kappa shape index (κ2) is 3.96. The Hall–Kier alpha value is -1.46. The van der Waals surface area contributed by atoms with Crippen LogP contribution in [0.4, 0.5) is 0 Å². The van der Waals surface area contributed by atoms with E-state index in [0.29, 0.717) is 0 Å². The van der Waals surface area contributed by atoms with Crippen LogP contribution in [0, 0.1) is 0 Å². The highest BCUT2D eigenvalue weighted by molar-refractivity contribution is 6.44. The van der Waals surface area contributed by atoms with Gasteiger partial charge in [0, 0.05) is 6.20 Å². The van der Waals surface area contributed by atoms with E-state index < -0.39 is 5.78 Å². The molecule has 2 heterocycles. The number of H-pyrrole nitrogens is 1. The maximum Gasteiger partial charge on any atom is 0.249 e. The summed E-state index contributed by atoms with van der Waals surface area (Å²) in [6, 6.07) is 1.50. The average molecular weight is 243 g/mol. The van der Waals surface area contributed by atoms with Crippen LogP contribution in [0.2, 0.25) is 10.0 Å². The molecule has 0 bridgehead atoms. The summed E-state index contributed by atoms with van der Waals surface area (Å²) in [5.74, 6) is -0.369. The molecule has 2 aromatic rings. The Morgan fingerprint density at radius 2 is 2.13 bits per heavy atom. The van der Waals surface area contributed by atoms with Crippen LogP contribution >= 0.6 is 23.2 Å². The van der Waals surface area contributed by atoms with Crippen LogP contribution < -0.4 is 0 Å². The van der Waals surface area contributed by atoms with Crippen LogP contribution in [0.5, 0.6) is 0 Å². The molecule has 5 nitrogen and oxygen atoms in total. The summed E-state index contributed by atoms with van der Waals surface area (Å²) in [5, 5.41) is 6.37. The fraction of sp³-hybridized carbons (Fsp3) is 0. The van der Waals surface area contributed by atoms with E-state index in [1.165, 1.54) is 18.6 Å². The summed E-state index contributed by atoms with van der Waals surface area (Å²) in [6.07, 6.45) is 2.63. The van der Waals surface area contributed by atoms with Crippen molar-refractivity contribution in [2.45, 2.75) is 0 Å². The Bertz CT molecular complexity index is 497. The highest BCUT2D eigenvalue weighted by Gasteiger charge is 2.18. The molecule has 0 saturated heterocycles. The second-order valence-electron chi connectivity index (χ2n) is 2.62. The lowest BCUT2D eigenvalue weighted by Gasteiger charge is -2.00. The van der Waals surface area contributed by atoms with E-state index in [4.69, 9.17) is 23.2 Å². The van der Waals surface area contributed by atoms with Crippen molar-refractivity contribution >= 4 is 29.0 Å². The molecular weight excluding hydrogens is 239 g/mol. The van der Waals surface area contributed by atoms with Gasteiger partial charge in [-0.25, -0.2) is 4.98 Å². The fourth-order valence-corrected chi connectivity index (χ4v) is 1.35. The van der Waals surface area contributed by atoms with Gasteiger partial charge in [-0.1, -0.05) is 23.2 Å². The minimum atomic E-state index is -0.444.